The van der Waals surface area contributed by atoms with Crippen LogP contribution in [0.2, 0.25) is 0 Å². The molecule has 1 atom stereocenters. The van der Waals surface area contributed by atoms with Gasteiger partial charge in [0.1, 0.15) is 11.6 Å². The number of nitrogens with one attached hydrogen (secondary N) is 4. The van der Waals surface area contributed by atoms with Crippen molar-refractivity contribution >= 4 is 18.0 Å². The fourth-order valence-corrected chi connectivity index (χ4v) is 1.30. The van der Waals surface area contributed by atoms with Crippen LogP contribution in [0.1, 0.15) is 33.6 Å². The number of carboxylic acid groups (broad SMARTS) is 1. The maximum Gasteiger partial charge on any atom is 0.414 e. The van der Waals surface area contributed by atoms with Gasteiger partial charge in [0.25, 0.3) is 0 Å². The summed E-state index contributed by atoms with van der Waals surface area (Å²) in [5.41, 5.74) is -0.651. The maximum absolute atomic E-state index is 11.3. The molecular weight excluding hydrogens is 278 g/mol. The SMILES string of the molecule is CC(C)(C)OC(=O)NC(=N)NCCC[C@H](NC#N)C(=O)O. The molecule has 0 aromatic rings. The van der Waals surface area contributed by atoms with Crippen molar-refractivity contribution in [2.75, 3.05) is 6.54 Å². The molecule has 0 radical (unpaired) electrons. The molecule has 5 N–H and O–H groups in total. The minimum Gasteiger partial charge on any atom is -0.480 e. The van der Waals surface area contributed by atoms with Crippen LogP contribution in [0.25, 0.3) is 0 Å². The van der Waals surface area contributed by atoms with E-state index in [1.807, 2.05) is 0 Å². The lowest BCUT2D eigenvalue weighted by atomic mass is 10.1. The molecule has 0 aromatic heterocycles. The lowest BCUT2D eigenvalue weighted by Gasteiger charge is -2.20. The van der Waals surface area contributed by atoms with Gasteiger partial charge in [0, 0.05) is 6.54 Å². The van der Waals surface area contributed by atoms with Gasteiger partial charge in [-0.3, -0.25) is 10.7 Å². The summed E-state index contributed by atoms with van der Waals surface area (Å²) in [4.78, 5) is 22.1. The second-order valence-electron chi connectivity index (χ2n) is 5.22. The van der Waals surface area contributed by atoms with Crippen molar-refractivity contribution < 1.29 is 19.4 Å². The Morgan fingerprint density at radius 2 is 2.05 bits per heavy atom. The van der Waals surface area contributed by atoms with Crippen LogP contribution in [0.3, 0.4) is 0 Å². The lowest BCUT2D eigenvalue weighted by Crippen LogP contribution is -2.43. The highest BCUT2D eigenvalue weighted by atomic mass is 16.6. The monoisotopic (exact) mass is 299 g/mol. The summed E-state index contributed by atoms with van der Waals surface area (Å²) >= 11 is 0. The van der Waals surface area contributed by atoms with Crippen molar-refractivity contribution in [3.05, 3.63) is 0 Å². The molecule has 0 bridgehead atoms. The van der Waals surface area contributed by atoms with Crippen LogP contribution in [0, 0.1) is 16.9 Å². The average molecular weight is 299 g/mol. The zero-order chi connectivity index (χ0) is 16.5. The van der Waals surface area contributed by atoms with E-state index >= 15 is 0 Å². The first kappa shape index (κ1) is 18.5. The van der Waals surface area contributed by atoms with E-state index < -0.39 is 23.7 Å². The van der Waals surface area contributed by atoms with Gasteiger partial charge in [0.05, 0.1) is 0 Å². The molecule has 0 heterocycles. The standard InChI is InChI=1S/C12H21N5O4/c1-12(2,3)21-11(20)17-10(14)15-6-4-5-8(9(18)19)16-7-13/h8,16H,4-6H2,1-3H3,(H,18,19)(H3,14,15,17,20)/t8-/m0/s1. The Labute approximate surface area is 123 Å². The molecule has 0 aliphatic rings. The number of ether oxygens (including phenoxy) is 1. The summed E-state index contributed by atoms with van der Waals surface area (Å²) in [6, 6.07) is -0.954. The first-order valence-electron chi connectivity index (χ1n) is 6.35. The van der Waals surface area contributed by atoms with Crippen molar-refractivity contribution in [2.24, 2.45) is 0 Å². The summed E-state index contributed by atoms with van der Waals surface area (Å²) in [6.07, 6.45) is 1.46. The van der Waals surface area contributed by atoms with Gasteiger partial charge in [-0.15, -0.1) is 0 Å². The quantitative estimate of drug-likeness (QED) is 0.156. The molecule has 9 heteroatoms. The van der Waals surface area contributed by atoms with E-state index in [9.17, 15) is 9.59 Å². The molecule has 21 heavy (non-hydrogen) atoms. The molecular formula is C12H21N5O4. The number of guanidine groups is 1. The van der Waals surface area contributed by atoms with E-state index in [-0.39, 0.29) is 18.9 Å². The van der Waals surface area contributed by atoms with Crippen LogP contribution >= 0.6 is 0 Å². The van der Waals surface area contributed by atoms with Crippen LogP contribution in [0.5, 0.6) is 0 Å². The third-order valence-corrected chi connectivity index (χ3v) is 2.13. The van der Waals surface area contributed by atoms with Gasteiger partial charge in [0.2, 0.25) is 0 Å². The van der Waals surface area contributed by atoms with Crippen LogP contribution < -0.4 is 16.0 Å². The summed E-state index contributed by atoms with van der Waals surface area (Å²) in [6.45, 7) is 5.40. The number of carbonyl (C=O) groups is 2. The first-order valence-corrected chi connectivity index (χ1v) is 6.35. The van der Waals surface area contributed by atoms with E-state index in [2.05, 4.69) is 16.0 Å². The first-order chi connectivity index (χ1) is 9.65. The fourth-order valence-electron chi connectivity index (χ4n) is 1.30. The number of carbonyl (C=O) groups excluding carboxylic acids is 1. The smallest absolute Gasteiger partial charge is 0.414 e. The number of nitriles is 1. The predicted molar refractivity (Wildman–Crippen MR) is 74.5 cm³/mol. The van der Waals surface area contributed by atoms with Gasteiger partial charge in [0.15, 0.2) is 12.2 Å². The topological polar surface area (TPSA) is 147 Å². The molecule has 0 rings (SSSR count). The Morgan fingerprint density at radius 1 is 1.43 bits per heavy atom. The van der Waals surface area contributed by atoms with Crippen LogP contribution in [-0.2, 0) is 9.53 Å². The number of hydrogen-bond acceptors (Lipinski definition) is 6. The third-order valence-electron chi connectivity index (χ3n) is 2.13. The number of carboxylic acids is 1. The molecule has 0 aliphatic heterocycles. The molecule has 0 unspecified atom stereocenters. The summed E-state index contributed by atoms with van der Waals surface area (Å²) < 4.78 is 4.96. The highest BCUT2D eigenvalue weighted by molar-refractivity contribution is 5.92. The zero-order valence-electron chi connectivity index (χ0n) is 12.3. The highest BCUT2D eigenvalue weighted by Gasteiger charge is 2.17. The van der Waals surface area contributed by atoms with E-state index in [4.69, 9.17) is 20.5 Å². The number of rotatable bonds is 6. The van der Waals surface area contributed by atoms with Gasteiger partial charge >= 0.3 is 12.1 Å². The van der Waals surface area contributed by atoms with E-state index in [1.165, 1.54) is 0 Å². The molecule has 1 amide bonds. The van der Waals surface area contributed by atoms with Crippen molar-refractivity contribution in [1.82, 2.24) is 16.0 Å². The Morgan fingerprint density at radius 3 is 2.52 bits per heavy atom. The van der Waals surface area contributed by atoms with E-state index in [0.717, 1.165) is 0 Å². The van der Waals surface area contributed by atoms with Gasteiger partial charge in [-0.1, -0.05) is 0 Å². The largest absolute Gasteiger partial charge is 0.480 e. The van der Waals surface area contributed by atoms with Crippen molar-refractivity contribution in [1.29, 1.82) is 10.7 Å². The number of aliphatic carboxylic acids is 1. The second-order valence-corrected chi connectivity index (χ2v) is 5.22. The van der Waals surface area contributed by atoms with Gasteiger partial charge in [-0.05, 0) is 33.6 Å². The zero-order valence-corrected chi connectivity index (χ0v) is 12.3. The van der Waals surface area contributed by atoms with Crippen molar-refractivity contribution in [2.45, 2.75) is 45.3 Å². The van der Waals surface area contributed by atoms with Crippen molar-refractivity contribution in [3.8, 4) is 6.19 Å². The molecule has 0 fully saturated rings. The lowest BCUT2D eigenvalue weighted by molar-refractivity contribution is -0.139. The third kappa shape index (κ3) is 10.0. The number of amides is 1. The molecule has 0 spiro atoms. The summed E-state index contributed by atoms with van der Waals surface area (Å²) in [5.74, 6) is -1.34. The molecule has 0 saturated carbocycles. The van der Waals surface area contributed by atoms with E-state index in [1.54, 1.807) is 27.0 Å². The van der Waals surface area contributed by atoms with E-state index in [0.29, 0.717) is 6.42 Å². The van der Waals surface area contributed by atoms with Gasteiger partial charge in [-0.25, -0.2) is 9.59 Å². The molecule has 0 aromatic carbocycles. The van der Waals surface area contributed by atoms with Gasteiger partial charge < -0.3 is 20.5 Å². The Bertz CT molecular complexity index is 424. The molecule has 118 valence electrons. The number of nitrogens with zero attached hydrogens (tertiary/aromatic N) is 1. The Balaban J connectivity index is 3.92. The number of hydrogen-bond donors (Lipinski definition) is 5. The predicted octanol–water partition coefficient (Wildman–Crippen LogP) is 0.340. The average Bonchev–Trinajstić information content (AvgIpc) is 2.30. The van der Waals surface area contributed by atoms with Crippen LogP contribution in [0.15, 0.2) is 0 Å². The van der Waals surface area contributed by atoms with Crippen LogP contribution in [0.4, 0.5) is 4.79 Å². The summed E-state index contributed by atoms with van der Waals surface area (Å²) in [5, 5.41) is 31.6. The second kappa shape index (κ2) is 8.63. The van der Waals surface area contributed by atoms with Crippen molar-refractivity contribution in [3.63, 3.8) is 0 Å². The van der Waals surface area contributed by atoms with Crippen LogP contribution in [-0.4, -0.2) is 41.3 Å². The fraction of sp³-hybridized carbons (Fsp3) is 0.667. The Hall–Kier alpha value is -2.50. The normalized spacial score (nSPS) is 11.7. The van der Waals surface area contributed by atoms with Gasteiger partial charge in [-0.2, -0.15) is 5.26 Å². The maximum atomic E-state index is 11.3. The molecule has 0 aliphatic carbocycles. The minimum atomic E-state index is -1.11. The minimum absolute atomic E-state index is 0.218. The highest BCUT2D eigenvalue weighted by Crippen LogP contribution is 2.06. The molecule has 0 saturated heterocycles. The molecule has 9 nitrogen and oxygen atoms in total. The Kier molecular flexibility index (Phi) is 7.60. The summed E-state index contributed by atoms with van der Waals surface area (Å²) in [7, 11) is 0. The number of alkyl carbamates (subject to hydrolysis) is 1.